The molecule has 0 aliphatic carbocycles. The molecular weight excluding hydrogens is 308 g/mol. The van der Waals surface area contributed by atoms with Gasteiger partial charge in [0.05, 0.1) is 6.61 Å². The van der Waals surface area contributed by atoms with Gasteiger partial charge in [0.15, 0.2) is 0 Å². The van der Waals surface area contributed by atoms with Crippen molar-refractivity contribution in [2.24, 2.45) is 0 Å². The molecule has 5 heteroatoms. The van der Waals surface area contributed by atoms with Crippen molar-refractivity contribution >= 4 is 21.8 Å². The largest absolute Gasteiger partial charge is 0.395 e. The summed E-state index contributed by atoms with van der Waals surface area (Å²) in [6, 6.07) is 7.68. The van der Waals surface area contributed by atoms with Gasteiger partial charge in [0, 0.05) is 29.2 Å². The predicted molar refractivity (Wildman–Crippen MR) is 78.2 cm³/mol. The first-order chi connectivity index (χ1) is 9.20. The molecule has 0 saturated carbocycles. The molecule has 2 N–H and O–H groups in total. The van der Waals surface area contributed by atoms with E-state index >= 15 is 0 Å². The van der Waals surface area contributed by atoms with Crippen molar-refractivity contribution in [3.63, 3.8) is 0 Å². The van der Waals surface area contributed by atoms with E-state index in [-0.39, 0.29) is 12.5 Å². The number of hydrogen-bond acceptors (Lipinski definition) is 3. The van der Waals surface area contributed by atoms with E-state index in [9.17, 15) is 4.79 Å². The number of aliphatic hydroxyl groups is 1. The van der Waals surface area contributed by atoms with Crippen LogP contribution >= 0.6 is 15.9 Å². The van der Waals surface area contributed by atoms with E-state index in [1.165, 1.54) is 0 Å². The quantitative estimate of drug-likeness (QED) is 0.864. The standard InChI is InChI=1S/C14H19BrN2O2/c15-12-5-3-11(4-6-12)14(19)17(8-9-18)10-13-2-1-7-16-13/h3-6,13,16,18H,1-2,7-10H2. The van der Waals surface area contributed by atoms with E-state index in [4.69, 9.17) is 5.11 Å². The highest BCUT2D eigenvalue weighted by Gasteiger charge is 2.21. The highest BCUT2D eigenvalue weighted by atomic mass is 79.9. The summed E-state index contributed by atoms with van der Waals surface area (Å²) >= 11 is 3.36. The fourth-order valence-corrected chi connectivity index (χ4v) is 2.61. The van der Waals surface area contributed by atoms with Crippen molar-refractivity contribution in [1.29, 1.82) is 0 Å². The molecule has 4 nitrogen and oxygen atoms in total. The Kier molecular flexibility index (Phi) is 5.36. The summed E-state index contributed by atoms with van der Waals surface area (Å²) in [6.45, 7) is 2.06. The van der Waals surface area contributed by atoms with Crippen LogP contribution in [0.4, 0.5) is 0 Å². The molecular formula is C14H19BrN2O2. The summed E-state index contributed by atoms with van der Waals surface area (Å²) in [5.41, 5.74) is 0.662. The molecule has 0 radical (unpaired) electrons. The SMILES string of the molecule is O=C(c1ccc(Br)cc1)N(CCO)CC1CCCN1. The molecule has 1 aliphatic heterocycles. The fourth-order valence-electron chi connectivity index (χ4n) is 2.35. The van der Waals surface area contributed by atoms with Crippen LogP contribution in [-0.4, -0.2) is 48.2 Å². The summed E-state index contributed by atoms with van der Waals surface area (Å²) in [5, 5.41) is 12.5. The van der Waals surface area contributed by atoms with Gasteiger partial charge in [-0.1, -0.05) is 15.9 Å². The maximum Gasteiger partial charge on any atom is 0.253 e. The maximum atomic E-state index is 12.4. The molecule has 1 fully saturated rings. The topological polar surface area (TPSA) is 52.6 Å². The smallest absolute Gasteiger partial charge is 0.253 e. The molecule has 1 amide bonds. The molecule has 1 heterocycles. The van der Waals surface area contributed by atoms with Crippen LogP contribution in [0.25, 0.3) is 0 Å². The number of amides is 1. The maximum absolute atomic E-state index is 12.4. The third-order valence-electron chi connectivity index (χ3n) is 3.35. The van der Waals surface area contributed by atoms with Gasteiger partial charge in [0.2, 0.25) is 0 Å². The lowest BCUT2D eigenvalue weighted by Gasteiger charge is -2.25. The number of benzene rings is 1. The molecule has 1 saturated heterocycles. The van der Waals surface area contributed by atoms with Gasteiger partial charge in [-0.05, 0) is 43.7 Å². The van der Waals surface area contributed by atoms with E-state index in [2.05, 4.69) is 21.2 Å². The summed E-state index contributed by atoms with van der Waals surface area (Å²) in [7, 11) is 0. The summed E-state index contributed by atoms with van der Waals surface area (Å²) in [4.78, 5) is 14.1. The molecule has 2 rings (SSSR count). The Morgan fingerprint density at radius 3 is 2.74 bits per heavy atom. The Morgan fingerprint density at radius 2 is 2.16 bits per heavy atom. The van der Waals surface area contributed by atoms with Crippen LogP contribution in [0.2, 0.25) is 0 Å². The molecule has 1 aliphatic rings. The number of carbonyl (C=O) groups is 1. The zero-order valence-electron chi connectivity index (χ0n) is 10.8. The first-order valence-corrected chi connectivity index (χ1v) is 7.39. The van der Waals surface area contributed by atoms with Gasteiger partial charge >= 0.3 is 0 Å². The number of hydrogen-bond donors (Lipinski definition) is 2. The normalized spacial score (nSPS) is 18.5. The average Bonchev–Trinajstić information content (AvgIpc) is 2.91. The van der Waals surface area contributed by atoms with E-state index in [1.807, 2.05) is 12.1 Å². The Morgan fingerprint density at radius 1 is 1.42 bits per heavy atom. The van der Waals surface area contributed by atoms with Crippen LogP contribution in [0.15, 0.2) is 28.7 Å². The molecule has 1 unspecified atom stereocenters. The summed E-state index contributed by atoms with van der Waals surface area (Å²) in [6.07, 6.45) is 2.25. The second-order valence-corrected chi connectivity index (χ2v) is 5.69. The molecule has 104 valence electrons. The summed E-state index contributed by atoms with van der Waals surface area (Å²) in [5.74, 6) is -0.0183. The van der Waals surface area contributed by atoms with Gasteiger partial charge in [-0.2, -0.15) is 0 Å². The minimum absolute atomic E-state index is 0.00497. The fraction of sp³-hybridized carbons (Fsp3) is 0.500. The molecule has 1 aromatic rings. The molecule has 0 bridgehead atoms. The zero-order valence-corrected chi connectivity index (χ0v) is 12.4. The van der Waals surface area contributed by atoms with Crippen LogP contribution in [0.1, 0.15) is 23.2 Å². The van der Waals surface area contributed by atoms with Gasteiger partial charge in [0.25, 0.3) is 5.91 Å². The van der Waals surface area contributed by atoms with Crippen molar-refractivity contribution in [2.75, 3.05) is 26.2 Å². The van der Waals surface area contributed by atoms with Crippen molar-refractivity contribution in [3.05, 3.63) is 34.3 Å². The predicted octanol–water partition coefficient (Wildman–Crippen LogP) is 1.64. The summed E-state index contributed by atoms with van der Waals surface area (Å²) < 4.78 is 0.954. The van der Waals surface area contributed by atoms with Gasteiger partial charge in [-0.15, -0.1) is 0 Å². The minimum atomic E-state index is -0.0183. The van der Waals surface area contributed by atoms with Gasteiger partial charge in [0.1, 0.15) is 0 Å². The number of nitrogens with one attached hydrogen (secondary N) is 1. The molecule has 1 atom stereocenters. The van der Waals surface area contributed by atoms with E-state index in [0.29, 0.717) is 24.7 Å². The van der Waals surface area contributed by atoms with Crippen LogP contribution in [0.5, 0.6) is 0 Å². The highest BCUT2D eigenvalue weighted by Crippen LogP contribution is 2.14. The Hall–Kier alpha value is -0.910. The molecule has 0 aromatic heterocycles. The Bertz CT molecular complexity index is 416. The van der Waals surface area contributed by atoms with Crippen LogP contribution in [0, 0.1) is 0 Å². The Labute approximate surface area is 121 Å². The first-order valence-electron chi connectivity index (χ1n) is 6.60. The van der Waals surface area contributed by atoms with Gasteiger partial charge < -0.3 is 15.3 Å². The van der Waals surface area contributed by atoms with Crippen molar-refractivity contribution in [1.82, 2.24) is 10.2 Å². The van der Waals surface area contributed by atoms with Crippen molar-refractivity contribution < 1.29 is 9.90 Å². The third-order valence-corrected chi connectivity index (χ3v) is 3.88. The monoisotopic (exact) mass is 326 g/mol. The van der Waals surface area contributed by atoms with Crippen molar-refractivity contribution in [2.45, 2.75) is 18.9 Å². The lowest BCUT2D eigenvalue weighted by Crippen LogP contribution is -2.42. The van der Waals surface area contributed by atoms with Crippen molar-refractivity contribution in [3.8, 4) is 0 Å². The van der Waals surface area contributed by atoms with Crippen LogP contribution in [-0.2, 0) is 0 Å². The highest BCUT2D eigenvalue weighted by molar-refractivity contribution is 9.10. The van der Waals surface area contributed by atoms with E-state index in [0.717, 1.165) is 23.9 Å². The van der Waals surface area contributed by atoms with Crippen LogP contribution < -0.4 is 5.32 Å². The second-order valence-electron chi connectivity index (χ2n) is 4.77. The molecule has 0 spiro atoms. The van der Waals surface area contributed by atoms with Crippen LogP contribution in [0.3, 0.4) is 0 Å². The van der Waals surface area contributed by atoms with Gasteiger partial charge in [-0.25, -0.2) is 0 Å². The average molecular weight is 327 g/mol. The number of nitrogens with zero attached hydrogens (tertiary/aromatic N) is 1. The van der Waals surface area contributed by atoms with E-state index in [1.54, 1.807) is 17.0 Å². The number of carbonyl (C=O) groups excluding carboxylic acids is 1. The van der Waals surface area contributed by atoms with E-state index < -0.39 is 0 Å². The minimum Gasteiger partial charge on any atom is -0.395 e. The molecule has 1 aromatic carbocycles. The lowest BCUT2D eigenvalue weighted by molar-refractivity contribution is 0.0706. The number of rotatable bonds is 5. The zero-order chi connectivity index (χ0) is 13.7. The van der Waals surface area contributed by atoms with Gasteiger partial charge in [-0.3, -0.25) is 4.79 Å². The third kappa shape index (κ3) is 4.03. The first kappa shape index (κ1) is 14.5. The number of aliphatic hydroxyl groups excluding tert-OH is 1. The second kappa shape index (κ2) is 7.03. The lowest BCUT2D eigenvalue weighted by atomic mass is 10.1. The number of halogens is 1. The molecule has 19 heavy (non-hydrogen) atoms. The Balaban J connectivity index is 2.04.